The van der Waals surface area contributed by atoms with Crippen LogP contribution >= 0.6 is 0 Å². The highest BCUT2D eigenvalue weighted by Crippen LogP contribution is 2.26. The first-order valence-corrected chi connectivity index (χ1v) is 12.9. The molecule has 0 amide bonds. The lowest BCUT2D eigenvalue weighted by atomic mass is 10.2. The third-order valence-corrected chi connectivity index (χ3v) is 7.11. The maximum atomic E-state index is 12.9. The normalized spacial score (nSPS) is 11.5. The topological polar surface area (TPSA) is 125 Å². The molecule has 2 aromatic carbocycles. The van der Waals surface area contributed by atoms with Gasteiger partial charge in [-0.15, -0.1) is 0 Å². The highest BCUT2D eigenvalue weighted by Gasteiger charge is 2.15. The molecule has 5 aromatic rings. The third kappa shape index (κ3) is 5.21. The van der Waals surface area contributed by atoms with Gasteiger partial charge in [-0.1, -0.05) is 12.1 Å². The van der Waals surface area contributed by atoms with E-state index >= 15 is 0 Å². The van der Waals surface area contributed by atoms with E-state index in [1.807, 2.05) is 18.4 Å². The lowest BCUT2D eigenvalue weighted by Gasteiger charge is -2.11. The van der Waals surface area contributed by atoms with E-state index in [2.05, 4.69) is 24.7 Å². The third-order valence-electron chi connectivity index (χ3n) is 5.71. The Hall–Kier alpha value is -4.51. The Balaban J connectivity index is 1.29. The predicted octanol–water partition coefficient (Wildman–Crippen LogP) is 5.14. The molecule has 188 valence electrons. The van der Waals surface area contributed by atoms with Crippen molar-refractivity contribution in [3.8, 4) is 28.7 Å². The van der Waals surface area contributed by atoms with Crippen LogP contribution in [0.2, 0.25) is 0 Å². The van der Waals surface area contributed by atoms with Crippen molar-refractivity contribution in [1.29, 1.82) is 0 Å². The summed E-state index contributed by atoms with van der Waals surface area (Å²) in [5.74, 6) is 2.60. The van der Waals surface area contributed by atoms with Crippen molar-refractivity contribution >= 4 is 15.7 Å². The van der Waals surface area contributed by atoms with Gasteiger partial charge in [-0.05, 0) is 57.2 Å². The van der Waals surface area contributed by atoms with E-state index in [4.69, 9.17) is 9.15 Å². The van der Waals surface area contributed by atoms with Gasteiger partial charge in [0.2, 0.25) is 5.88 Å². The first kappa shape index (κ1) is 24.2. The van der Waals surface area contributed by atoms with Crippen LogP contribution in [0.25, 0.3) is 17.1 Å². The van der Waals surface area contributed by atoms with Crippen molar-refractivity contribution in [3.63, 3.8) is 0 Å². The number of sulfonamides is 1. The van der Waals surface area contributed by atoms with Gasteiger partial charge in [-0.2, -0.15) is 4.98 Å². The van der Waals surface area contributed by atoms with Gasteiger partial charge < -0.3 is 9.15 Å². The average Bonchev–Trinajstić information content (AvgIpc) is 3.45. The Bertz CT molecular complexity index is 1670. The molecule has 11 heteroatoms. The lowest BCUT2D eigenvalue weighted by Crippen LogP contribution is -2.12. The Morgan fingerprint density at radius 3 is 2.27 bits per heavy atom. The minimum Gasteiger partial charge on any atom is -0.449 e. The summed E-state index contributed by atoms with van der Waals surface area (Å²) in [5, 5.41) is 0. The average molecular weight is 517 g/mol. The van der Waals surface area contributed by atoms with Gasteiger partial charge in [0.1, 0.15) is 35.7 Å². The molecular weight excluding hydrogens is 492 g/mol. The summed E-state index contributed by atoms with van der Waals surface area (Å²) in [6.45, 7) is 7.43. The zero-order valence-electron chi connectivity index (χ0n) is 20.6. The zero-order chi connectivity index (χ0) is 26.2. The maximum absolute atomic E-state index is 12.9. The van der Waals surface area contributed by atoms with Gasteiger partial charge in [0, 0.05) is 29.9 Å². The van der Waals surface area contributed by atoms with E-state index < -0.39 is 10.0 Å². The van der Waals surface area contributed by atoms with Crippen LogP contribution < -0.4 is 9.46 Å². The Kier molecular flexibility index (Phi) is 6.22. The van der Waals surface area contributed by atoms with Crippen molar-refractivity contribution in [1.82, 2.24) is 24.5 Å². The van der Waals surface area contributed by atoms with Crippen LogP contribution in [-0.2, 0) is 10.0 Å². The first-order valence-electron chi connectivity index (χ1n) is 11.4. The van der Waals surface area contributed by atoms with Crippen LogP contribution in [0, 0.1) is 27.7 Å². The van der Waals surface area contributed by atoms with Gasteiger partial charge in [0.05, 0.1) is 10.6 Å². The monoisotopic (exact) mass is 516 g/mol. The summed E-state index contributed by atoms with van der Waals surface area (Å²) in [7, 11) is -3.79. The molecule has 5 rings (SSSR count). The molecule has 0 saturated carbocycles. The van der Waals surface area contributed by atoms with Crippen molar-refractivity contribution in [3.05, 3.63) is 90.3 Å². The Morgan fingerprint density at radius 1 is 0.919 bits per heavy atom. The van der Waals surface area contributed by atoms with E-state index in [0.29, 0.717) is 40.5 Å². The molecule has 0 atom stereocenters. The number of ether oxygens (including phenoxy) is 1. The molecule has 0 saturated heterocycles. The summed E-state index contributed by atoms with van der Waals surface area (Å²) >= 11 is 0. The van der Waals surface area contributed by atoms with Crippen LogP contribution in [-0.4, -0.2) is 32.9 Å². The van der Waals surface area contributed by atoms with Gasteiger partial charge in [0.25, 0.3) is 10.0 Å². The maximum Gasteiger partial charge on any atom is 0.261 e. The standard InChI is InChI=1S/C26H24N6O4S/c1-16-17(2)32(15-27-16)25-13-26(29-18(3)28-25)36-22-9-7-21(8-10-22)31-37(33,34)23-11-5-20(6-12-23)24-14-35-19(4)30-24/h5-15,31H,1-4H3. The molecule has 0 radical (unpaired) electrons. The summed E-state index contributed by atoms with van der Waals surface area (Å²) in [6, 6.07) is 14.7. The molecule has 0 spiro atoms. The molecule has 1 N–H and O–H groups in total. The Labute approximate surface area is 214 Å². The van der Waals surface area contributed by atoms with Crippen LogP contribution in [0.3, 0.4) is 0 Å². The fourth-order valence-electron chi connectivity index (χ4n) is 3.66. The Morgan fingerprint density at radius 2 is 1.65 bits per heavy atom. The number of nitrogens with zero attached hydrogens (tertiary/aromatic N) is 5. The number of hydrogen-bond donors (Lipinski definition) is 1. The van der Waals surface area contributed by atoms with Crippen molar-refractivity contribution < 1.29 is 17.6 Å². The minimum absolute atomic E-state index is 0.130. The van der Waals surface area contributed by atoms with Crippen molar-refractivity contribution in [2.75, 3.05) is 4.72 Å². The quantitative estimate of drug-likeness (QED) is 0.315. The number of benzene rings is 2. The number of nitrogens with one attached hydrogen (secondary N) is 1. The molecule has 3 heterocycles. The lowest BCUT2D eigenvalue weighted by molar-refractivity contribution is 0.459. The molecule has 10 nitrogen and oxygen atoms in total. The van der Waals surface area contributed by atoms with Crippen LogP contribution in [0.15, 0.2) is 76.5 Å². The number of aromatic nitrogens is 5. The highest BCUT2D eigenvalue weighted by atomic mass is 32.2. The summed E-state index contributed by atoms with van der Waals surface area (Å²) < 4.78 is 41.3. The summed E-state index contributed by atoms with van der Waals surface area (Å²) in [4.78, 5) is 17.5. The van der Waals surface area contributed by atoms with E-state index in [-0.39, 0.29) is 4.90 Å². The van der Waals surface area contributed by atoms with Gasteiger partial charge in [-0.25, -0.2) is 23.4 Å². The van der Waals surface area contributed by atoms with E-state index in [9.17, 15) is 8.42 Å². The molecule has 37 heavy (non-hydrogen) atoms. The number of imidazole rings is 1. The van der Waals surface area contributed by atoms with Crippen molar-refractivity contribution in [2.45, 2.75) is 32.6 Å². The zero-order valence-corrected chi connectivity index (χ0v) is 21.4. The predicted molar refractivity (Wildman–Crippen MR) is 137 cm³/mol. The number of aryl methyl sites for hydroxylation is 3. The number of anilines is 1. The van der Waals surface area contributed by atoms with Crippen LogP contribution in [0.5, 0.6) is 11.6 Å². The van der Waals surface area contributed by atoms with E-state index in [1.165, 1.54) is 18.4 Å². The highest BCUT2D eigenvalue weighted by molar-refractivity contribution is 7.92. The second kappa shape index (κ2) is 9.51. The van der Waals surface area contributed by atoms with Crippen molar-refractivity contribution in [2.24, 2.45) is 0 Å². The molecule has 0 fully saturated rings. The largest absolute Gasteiger partial charge is 0.449 e. The number of oxazole rings is 1. The molecule has 0 unspecified atom stereocenters. The molecule has 0 aliphatic heterocycles. The number of hydrogen-bond acceptors (Lipinski definition) is 8. The van der Waals surface area contributed by atoms with Gasteiger partial charge >= 0.3 is 0 Å². The van der Waals surface area contributed by atoms with E-state index in [1.54, 1.807) is 62.6 Å². The first-order chi connectivity index (χ1) is 17.7. The SMILES string of the molecule is Cc1nc(Oc2ccc(NS(=O)(=O)c3ccc(-c4coc(C)n4)cc3)cc2)cc(-n2cnc(C)c2C)n1. The molecular formula is C26H24N6O4S. The smallest absolute Gasteiger partial charge is 0.261 e. The van der Waals surface area contributed by atoms with Crippen LogP contribution in [0.4, 0.5) is 5.69 Å². The molecule has 0 bridgehead atoms. The number of rotatable bonds is 7. The molecule has 0 aliphatic rings. The van der Waals surface area contributed by atoms with Gasteiger partial charge in [-0.3, -0.25) is 9.29 Å². The summed E-state index contributed by atoms with van der Waals surface area (Å²) in [5.41, 5.74) is 3.69. The fraction of sp³-hybridized carbons (Fsp3) is 0.154. The molecule has 3 aromatic heterocycles. The molecule has 0 aliphatic carbocycles. The van der Waals surface area contributed by atoms with E-state index in [0.717, 1.165) is 17.0 Å². The summed E-state index contributed by atoms with van der Waals surface area (Å²) in [6.07, 6.45) is 3.24. The van der Waals surface area contributed by atoms with Gasteiger partial charge in [0.15, 0.2) is 5.89 Å². The fourth-order valence-corrected chi connectivity index (χ4v) is 4.72. The minimum atomic E-state index is -3.79. The second-order valence-electron chi connectivity index (χ2n) is 8.41. The second-order valence-corrected chi connectivity index (χ2v) is 10.1. The van der Waals surface area contributed by atoms with Crippen LogP contribution in [0.1, 0.15) is 23.1 Å².